The van der Waals surface area contributed by atoms with Crippen LogP contribution >= 0.6 is 23.2 Å². The van der Waals surface area contributed by atoms with Crippen molar-refractivity contribution in [1.29, 1.82) is 0 Å². The Morgan fingerprint density at radius 1 is 1.12 bits per heavy atom. The van der Waals surface area contributed by atoms with Gasteiger partial charge in [-0.15, -0.1) is 0 Å². The molecule has 8 heteroatoms. The van der Waals surface area contributed by atoms with E-state index >= 15 is 0 Å². The van der Waals surface area contributed by atoms with Crippen molar-refractivity contribution in [3.05, 3.63) is 69.2 Å². The second kappa shape index (κ2) is 8.69. The van der Waals surface area contributed by atoms with Crippen molar-refractivity contribution in [2.75, 3.05) is 13.7 Å². The third kappa shape index (κ3) is 4.97. The summed E-state index contributed by atoms with van der Waals surface area (Å²) in [6.07, 6.45) is 0. The number of aliphatic carboxylic acids is 1. The second-order valence-corrected chi connectivity index (χ2v) is 6.21. The summed E-state index contributed by atoms with van der Waals surface area (Å²) < 4.78 is 4.66. The minimum absolute atomic E-state index is 0.0189. The van der Waals surface area contributed by atoms with Gasteiger partial charge in [-0.05, 0) is 35.9 Å². The molecule has 26 heavy (non-hydrogen) atoms. The molecular weight excluding hydrogens is 381 g/mol. The molecule has 1 N–H and O–H groups in total. The number of carbonyl (C=O) groups is 3. The molecule has 0 spiro atoms. The highest BCUT2D eigenvalue weighted by molar-refractivity contribution is 6.36. The molecule has 0 saturated carbocycles. The van der Waals surface area contributed by atoms with Crippen molar-refractivity contribution >= 4 is 41.0 Å². The maximum absolute atomic E-state index is 12.7. The van der Waals surface area contributed by atoms with Crippen molar-refractivity contribution in [3.63, 3.8) is 0 Å². The van der Waals surface area contributed by atoms with Crippen molar-refractivity contribution in [1.82, 2.24) is 4.90 Å². The van der Waals surface area contributed by atoms with Crippen LogP contribution in [0.4, 0.5) is 0 Å². The highest BCUT2D eigenvalue weighted by Gasteiger charge is 2.21. The summed E-state index contributed by atoms with van der Waals surface area (Å²) in [6.45, 7) is -0.546. The zero-order valence-electron chi connectivity index (χ0n) is 13.7. The van der Waals surface area contributed by atoms with Crippen molar-refractivity contribution in [2.24, 2.45) is 0 Å². The number of hydrogen-bond donors (Lipinski definition) is 1. The van der Waals surface area contributed by atoms with Crippen LogP contribution in [-0.2, 0) is 16.1 Å². The SMILES string of the molecule is COC(=O)c1cccc(CN(CC(=O)O)C(=O)c2ccc(Cl)cc2Cl)c1. The van der Waals surface area contributed by atoms with E-state index in [1.165, 1.54) is 31.4 Å². The Bertz CT molecular complexity index is 853. The summed E-state index contributed by atoms with van der Waals surface area (Å²) in [5.74, 6) is -2.26. The first-order valence-corrected chi connectivity index (χ1v) is 8.20. The van der Waals surface area contributed by atoms with Crippen LogP contribution in [0.15, 0.2) is 42.5 Å². The first-order valence-electron chi connectivity index (χ1n) is 7.45. The summed E-state index contributed by atoms with van der Waals surface area (Å²) in [6, 6.07) is 10.8. The summed E-state index contributed by atoms with van der Waals surface area (Å²) in [4.78, 5) is 36.7. The number of carbonyl (C=O) groups excluding carboxylic acids is 2. The summed E-state index contributed by atoms with van der Waals surface area (Å²) >= 11 is 11.9. The zero-order valence-corrected chi connectivity index (χ0v) is 15.3. The molecule has 0 unspecified atom stereocenters. The van der Waals surface area contributed by atoms with E-state index in [9.17, 15) is 14.4 Å². The van der Waals surface area contributed by atoms with E-state index in [1.807, 2.05) is 0 Å². The standard InChI is InChI=1S/C18H15Cl2NO5/c1-26-18(25)12-4-2-3-11(7-12)9-21(10-16(22)23)17(24)14-6-5-13(19)8-15(14)20/h2-8H,9-10H2,1H3,(H,22,23). The van der Waals surface area contributed by atoms with Gasteiger partial charge in [-0.2, -0.15) is 0 Å². The molecule has 136 valence electrons. The highest BCUT2D eigenvalue weighted by atomic mass is 35.5. The largest absolute Gasteiger partial charge is 0.480 e. The molecule has 0 aliphatic heterocycles. The molecule has 0 saturated heterocycles. The lowest BCUT2D eigenvalue weighted by atomic mass is 10.1. The van der Waals surface area contributed by atoms with Gasteiger partial charge in [-0.25, -0.2) is 4.79 Å². The number of nitrogens with zero attached hydrogens (tertiary/aromatic N) is 1. The molecule has 0 atom stereocenters. The molecule has 0 aromatic heterocycles. The molecule has 0 radical (unpaired) electrons. The maximum atomic E-state index is 12.7. The predicted molar refractivity (Wildman–Crippen MR) is 96.6 cm³/mol. The van der Waals surface area contributed by atoms with Gasteiger partial charge in [0.15, 0.2) is 0 Å². The van der Waals surface area contributed by atoms with Crippen LogP contribution in [0.25, 0.3) is 0 Å². The maximum Gasteiger partial charge on any atom is 0.337 e. The van der Waals surface area contributed by atoms with Crippen LogP contribution in [0.2, 0.25) is 10.0 Å². The van der Waals surface area contributed by atoms with Gasteiger partial charge in [0.05, 0.1) is 23.3 Å². The first kappa shape index (κ1) is 19.8. The molecule has 0 fully saturated rings. The highest BCUT2D eigenvalue weighted by Crippen LogP contribution is 2.23. The van der Waals surface area contributed by atoms with Gasteiger partial charge in [0.1, 0.15) is 6.54 Å². The molecule has 1 amide bonds. The smallest absolute Gasteiger partial charge is 0.337 e. The molecule has 0 aliphatic rings. The number of carboxylic acids is 1. The summed E-state index contributed by atoms with van der Waals surface area (Å²) in [7, 11) is 1.26. The van der Waals surface area contributed by atoms with Crippen molar-refractivity contribution in [3.8, 4) is 0 Å². The molecule has 2 aromatic rings. The average Bonchev–Trinajstić information content (AvgIpc) is 2.60. The molecule has 0 aliphatic carbocycles. The topological polar surface area (TPSA) is 83.9 Å². The van der Waals surface area contributed by atoms with Gasteiger partial charge in [-0.1, -0.05) is 35.3 Å². The zero-order chi connectivity index (χ0) is 19.3. The van der Waals surface area contributed by atoms with E-state index in [4.69, 9.17) is 28.3 Å². The lowest BCUT2D eigenvalue weighted by molar-refractivity contribution is -0.137. The Hall–Kier alpha value is -2.57. The number of rotatable bonds is 6. The third-order valence-corrected chi connectivity index (χ3v) is 4.04. The Morgan fingerprint density at radius 3 is 2.46 bits per heavy atom. The fourth-order valence-electron chi connectivity index (χ4n) is 2.33. The van der Waals surface area contributed by atoms with Crippen LogP contribution in [0.1, 0.15) is 26.3 Å². The number of esters is 1. The molecule has 2 aromatic carbocycles. The molecular formula is C18H15Cl2NO5. The fraction of sp³-hybridized carbons (Fsp3) is 0.167. The first-order chi connectivity index (χ1) is 12.3. The molecule has 0 heterocycles. The van der Waals surface area contributed by atoms with Crippen molar-refractivity contribution < 1.29 is 24.2 Å². The van der Waals surface area contributed by atoms with E-state index in [2.05, 4.69) is 4.74 Å². The lowest BCUT2D eigenvalue weighted by Crippen LogP contribution is -2.35. The van der Waals surface area contributed by atoms with Crippen molar-refractivity contribution in [2.45, 2.75) is 6.54 Å². The molecule has 6 nitrogen and oxygen atoms in total. The quantitative estimate of drug-likeness (QED) is 0.756. The van der Waals surface area contributed by atoms with Crippen LogP contribution in [-0.4, -0.2) is 41.5 Å². The molecule has 0 bridgehead atoms. The number of halogens is 2. The monoisotopic (exact) mass is 395 g/mol. The van der Waals surface area contributed by atoms with E-state index < -0.39 is 24.4 Å². The average molecular weight is 396 g/mol. The predicted octanol–water partition coefficient (Wildman–Crippen LogP) is 3.51. The van der Waals surface area contributed by atoms with Gasteiger partial charge >= 0.3 is 11.9 Å². The van der Waals surface area contributed by atoms with Crippen LogP contribution in [0, 0.1) is 0 Å². The third-order valence-electron chi connectivity index (χ3n) is 3.50. The minimum Gasteiger partial charge on any atom is -0.480 e. The van der Waals surface area contributed by atoms with Gasteiger partial charge in [0.25, 0.3) is 5.91 Å². The summed E-state index contributed by atoms with van der Waals surface area (Å²) in [5.41, 5.74) is 1.02. The van der Waals surface area contributed by atoms with E-state index in [0.29, 0.717) is 16.1 Å². The number of amides is 1. The Labute approximate surface area is 159 Å². The van der Waals surface area contributed by atoms with E-state index in [0.717, 1.165) is 4.90 Å². The second-order valence-electron chi connectivity index (χ2n) is 5.37. The molecule has 2 rings (SSSR count). The van der Waals surface area contributed by atoms with Crippen LogP contribution in [0.3, 0.4) is 0 Å². The Kier molecular flexibility index (Phi) is 6.60. The van der Waals surface area contributed by atoms with Gasteiger partial charge in [-0.3, -0.25) is 9.59 Å². The normalized spacial score (nSPS) is 10.3. The number of hydrogen-bond acceptors (Lipinski definition) is 4. The minimum atomic E-state index is -1.17. The van der Waals surface area contributed by atoms with E-state index in [-0.39, 0.29) is 17.1 Å². The van der Waals surface area contributed by atoms with Gasteiger partial charge < -0.3 is 14.7 Å². The lowest BCUT2D eigenvalue weighted by Gasteiger charge is -2.22. The summed E-state index contributed by atoms with van der Waals surface area (Å²) in [5, 5.41) is 9.62. The van der Waals surface area contributed by atoms with Crippen LogP contribution < -0.4 is 0 Å². The Balaban J connectivity index is 2.31. The number of methoxy groups -OCH3 is 1. The van der Waals surface area contributed by atoms with Crippen LogP contribution in [0.5, 0.6) is 0 Å². The van der Waals surface area contributed by atoms with Gasteiger partial charge in [0.2, 0.25) is 0 Å². The Morgan fingerprint density at radius 2 is 1.85 bits per heavy atom. The van der Waals surface area contributed by atoms with E-state index in [1.54, 1.807) is 18.2 Å². The fourth-order valence-corrected chi connectivity index (χ4v) is 2.82. The number of ether oxygens (including phenoxy) is 1. The number of benzene rings is 2. The number of carboxylic acid groups (broad SMARTS) is 1. The van der Waals surface area contributed by atoms with Gasteiger partial charge in [0, 0.05) is 11.6 Å².